The van der Waals surface area contributed by atoms with Crippen LogP contribution in [0.2, 0.25) is 10.0 Å². The van der Waals surface area contributed by atoms with Gasteiger partial charge in [-0.15, -0.1) is 0 Å². The van der Waals surface area contributed by atoms with Gasteiger partial charge in [-0.05, 0) is 47.5 Å². The van der Waals surface area contributed by atoms with E-state index < -0.39 is 11.8 Å². The molecule has 0 saturated carbocycles. The van der Waals surface area contributed by atoms with E-state index in [2.05, 4.69) is 10.6 Å². The largest absolute Gasteiger partial charge is 0.495 e. The Labute approximate surface area is 222 Å². The summed E-state index contributed by atoms with van der Waals surface area (Å²) >= 11 is 18.4. The normalized spacial score (nSPS) is 13.3. The number of nitrogens with one attached hydrogen (secondary N) is 2. The van der Waals surface area contributed by atoms with Gasteiger partial charge in [-0.2, -0.15) is 0 Å². The van der Waals surface area contributed by atoms with E-state index in [1.165, 1.54) is 7.11 Å². The van der Waals surface area contributed by atoms with Gasteiger partial charge in [-0.3, -0.25) is 19.3 Å². The van der Waals surface area contributed by atoms with Gasteiger partial charge in [-0.1, -0.05) is 65.1 Å². The first-order valence-corrected chi connectivity index (χ1v) is 11.9. The maximum atomic E-state index is 12.8. The minimum Gasteiger partial charge on any atom is -0.495 e. The molecule has 0 unspecified atom stereocenters. The first-order valence-electron chi connectivity index (χ1n) is 10.8. The monoisotopic (exact) mass is 543 g/mol. The lowest BCUT2D eigenvalue weighted by Gasteiger charge is -2.16. The molecule has 0 bridgehead atoms. The van der Waals surface area contributed by atoms with Crippen molar-refractivity contribution in [3.8, 4) is 5.75 Å². The van der Waals surface area contributed by atoms with Crippen LogP contribution in [0.15, 0.2) is 77.5 Å². The van der Waals surface area contributed by atoms with E-state index >= 15 is 0 Å². The summed E-state index contributed by atoms with van der Waals surface area (Å²) in [5.74, 6) is -0.918. The quantitative estimate of drug-likeness (QED) is 0.373. The number of amides is 3. The summed E-state index contributed by atoms with van der Waals surface area (Å²) in [7, 11) is 1.51. The van der Waals surface area contributed by atoms with Gasteiger partial charge < -0.3 is 15.4 Å². The van der Waals surface area contributed by atoms with Crippen LogP contribution in [-0.4, -0.2) is 29.7 Å². The van der Waals surface area contributed by atoms with Gasteiger partial charge in [0.2, 0.25) is 0 Å². The van der Waals surface area contributed by atoms with Gasteiger partial charge in [-0.25, -0.2) is 0 Å². The second kappa shape index (κ2) is 11.0. The fourth-order valence-electron chi connectivity index (χ4n) is 3.55. The third kappa shape index (κ3) is 5.49. The molecule has 184 valence electrons. The molecule has 1 heterocycles. The highest BCUT2D eigenvalue weighted by Crippen LogP contribution is 2.28. The predicted molar refractivity (Wildman–Crippen MR) is 139 cm³/mol. The molecule has 0 atom stereocenters. The van der Waals surface area contributed by atoms with E-state index in [1.54, 1.807) is 66.7 Å². The van der Waals surface area contributed by atoms with Crippen LogP contribution in [0.25, 0.3) is 0 Å². The minimum atomic E-state index is -0.588. The molecule has 3 amide bonds. The van der Waals surface area contributed by atoms with E-state index in [1.807, 2.05) is 0 Å². The third-order valence-electron chi connectivity index (χ3n) is 5.49. The van der Waals surface area contributed by atoms with Crippen molar-refractivity contribution in [1.82, 2.24) is 10.2 Å². The standard InChI is InChI=1S/C26H20Cl3N3O4/c1-36-21-11-10-18(12-20(21)28)31-24(33)16-8-6-15(7-9-16)13-30-23-22(29)25(34)32(26(23)35)14-17-4-2-3-5-19(17)27/h2-12,30H,13-14H2,1H3,(H,31,33). The van der Waals surface area contributed by atoms with Crippen molar-refractivity contribution in [2.75, 3.05) is 12.4 Å². The Kier molecular flexibility index (Phi) is 7.84. The molecule has 36 heavy (non-hydrogen) atoms. The zero-order chi connectivity index (χ0) is 25.8. The molecule has 0 aromatic heterocycles. The molecule has 3 aromatic rings. The molecule has 3 aromatic carbocycles. The highest BCUT2D eigenvalue weighted by Gasteiger charge is 2.37. The van der Waals surface area contributed by atoms with Crippen LogP contribution in [-0.2, 0) is 22.7 Å². The van der Waals surface area contributed by atoms with Crippen LogP contribution < -0.4 is 15.4 Å². The van der Waals surface area contributed by atoms with Gasteiger partial charge in [0.15, 0.2) is 0 Å². The number of hydrogen-bond acceptors (Lipinski definition) is 5. The van der Waals surface area contributed by atoms with E-state index in [9.17, 15) is 14.4 Å². The topological polar surface area (TPSA) is 87.7 Å². The van der Waals surface area contributed by atoms with E-state index in [0.29, 0.717) is 32.6 Å². The van der Waals surface area contributed by atoms with E-state index in [4.69, 9.17) is 39.5 Å². The Bertz CT molecular complexity index is 1370. The Hall–Kier alpha value is -3.52. The number of anilines is 1. The first-order chi connectivity index (χ1) is 17.3. The van der Waals surface area contributed by atoms with Gasteiger partial charge in [0.25, 0.3) is 17.7 Å². The molecular formula is C26H20Cl3N3O4. The molecule has 0 saturated heterocycles. The average Bonchev–Trinajstić information content (AvgIpc) is 3.07. The van der Waals surface area contributed by atoms with Gasteiger partial charge in [0, 0.05) is 22.8 Å². The molecule has 1 aliphatic rings. The highest BCUT2D eigenvalue weighted by molar-refractivity contribution is 6.47. The van der Waals surface area contributed by atoms with E-state index in [0.717, 1.165) is 10.5 Å². The highest BCUT2D eigenvalue weighted by atomic mass is 35.5. The number of carbonyl (C=O) groups excluding carboxylic acids is 3. The number of rotatable bonds is 8. The van der Waals surface area contributed by atoms with Gasteiger partial charge in [0.1, 0.15) is 16.5 Å². The fourth-order valence-corrected chi connectivity index (χ4v) is 4.25. The maximum Gasteiger partial charge on any atom is 0.278 e. The number of ether oxygens (including phenoxy) is 1. The van der Waals surface area contributed by atoms with Crippen LogP contribution in [0.5, 0.6) is 5.75 Å². The summed E-state index contributed by atoms with van der Waals surface area (Å²) in [5, 5.41) is 6.37. The summed E-state index contributed by atoms with van der Waals surface area (Å²) in [6.45, 7) is 0.239. The summed E-state index contributed by atoms with van der Waals surface area (Å²) in [6.07, 6.45) is 0. The van der Waals surface area contributed by atoms with Crippen LogP contribution in [0.1, 0.15) is 21.5 Å². The number of hydrogen-bond donors (Lipinski definition) is 2. The molecule has 10 heteroatoms. The number of methoxy groups -OCH3 is 1. The summed E-state index contributed by atoms with van der Waals surface area (Å²) in [4.78, 5) is 39.0. The van der Waals surface area contributed by atoms with Crippen molar-refractivity contribution in [2.24, 2.45) is 0 Å². The number of nitrogens with zero attached hydrogens (tertiary/aromatic N) is 1. The third-order valence-corrected chi connectivity index (χ3v) is 6.51. The molecule has 0 aliphatic carbocycles. The van der Waals surface area contributed by atoms with Crippen LogP contribution in [0, 0.1) is 0 Å². The number of imide groups is 1. The molecular weight excluding hydrogens is 525 g/mol. The van der Waals surface area contributed by atoms with Crippen LogP contribution >= 0.6 is 34.8 Å². The second-order valence-electron chi connectivity index (χ2n) is 7.83. The Morgan fingerprint density at radius 2 is 1.64 bits per heavy atom. The summed E-state index contributed by atoms with van der Waals surface area (Å²) in [5.41, 5.74) is 2.40. The SMILES string of the molecule is COc1ccc(NC(=O)c2ccc(CNC3=C(Cl)C(=O)N(Cc4ccccc4Cl)C3=O)cc2)cc1Cl. The van der Waals surface area contributed by atoms with Crippen molar-refractivity contribution in [3.63, 3.8) is 0 Å². The van der Waals surface area contributed by atoms with Gasteiger partial charge >= 0.3 is 0 Å². The average molecular weight is 545 g/mol. The molecule has 0 radical (unpaired) electrons. The zero-order valence-electron chi connectivity index (χ0n) is 19.0. The summed E-state index contributed by atoms with van der Waals surface area (Å²) in [6, 6.07) is 18.7. The second-order valence-corrected chi connectivity index (χ2v) is 9.02. The number of benzene rings is 3. The lowest BCUT2D eigenvalue weighted by Crippen LogP contribution is -2.33. The van der Waals surface area contributed by atoms with Crippen molar-refractivity contribution in [2.45, 2.75) is 13.1 Å². The smallest absolute Gasteiger partial charge is 0.278 e. The Morgan fingerprint density at radius 1 is 0.917 bits per heavy atom. The number of carbonyl (C=O) groups is 3. The minimum absolute atomic E-state index is 0.0158. The van der Waals surface area contributed by atoms with E-state index in [-0.39, 0.29) is 29.7 Å². The van der Waals surface area contributed by atoms with Crippen molar-refractivity contribution in [3.05, 3.63) is 104 Å². The first kappa shape index (κ1) is 25.6. The lowest BCUT2D eigenvalue weighted by molar-refractivity contribution is -0.138. The molecule has 1 aliphatic heterocycles. The lowest BCUT2D eigenvalue weighted by atomic mass is 10.1. The van der Waals surface area contributed by atoms with Crippen LogP contribution in [0.3, 0.4) is 0 Å². The van der Waals surface area contributed by atoms with Crippen molar-refractivity contribution < 1.29 is 19.1 Å². The Balaban J connectivity index is 1.37. The molecule has 0 spiro atoms. The maximum absolute atomic E-state index is 12.8. The Morgan fingerprint density at radius 3 is 2.31 bits per heavy atom. The molecule has 2 N–H and O–H groups in total. The van der Waals surface area contributed by atoms with Gasteiger partial charge in [0.05, 0.1) is 18.7 Å². The summed E-state index contributed by atoms with van der Waals surface area (Å²) < 4.78 is 5.11. The predicted octanol–water partition coefficient (Wildman–Crippen LogP) is 5.36. The number of halogens is 3. The van der Waals surface area contributed by atoms with Crippen molar-refractivity contribution >= 4 is 58.2 Å². The molecule has 0 fully saturated rings. The van der Waals surface area contributed by atoms with Crippen molar-refractivity contribution in [1.29, 1.82) is 0 Å². The molecule has 4 rings (SSSR count). The molecule has 7 nitrogen and oxygen atoms in total. The zero-order valence-corrected chi connectivity index (χ0v) is 21.2. The van der Waals surface area contributed by atoms with Crippen LogP contribution in [0.4, 0.5) is 5.69 Å². The fraction of sp³-hybridized carbons (Fsp3) is 0.115.